The smallest absolute Gasteiger partial charge is 0.246 e. The van der Waals surface area contributed by atoms with Gasteiger partial charge in [0.15, 0.2) is 11.5 Å². The van der Waals surface area contributed by atoms with Gasteiger partial charge in [-0.1, -0.05) is 24.3 Å². The minimum Gasteiger partial charge on any atom is -0.491 e. The molecule has 3 aromatic rings. The fraction of sp³-hybridized carbons (Fsp3) is 0.217. The molecule has 6 rings (SSSR count). The van der Waals surface area contributed by atoms with Crippen molar-refractivity contribution >= 4 is 11.6 Å². The van der Waals surface area contributed by atoms with Crippen LogP contribution in [-0.2, 0) is 16.8 Å². The Hall–Kier alpha value is -3.54. The van der Waals surface area contributed by atoms with Gasteiger partial charge in [-0.3, -0.25) is 9.78 Å². The summed E-state index contributed by atoms with van der Waals surface area (Å²) < 4.78 is 17.8. The van der Waals surface area contributed by atoms with Gasteiger partial charge in [-0.05, 0) is 35.9 Å². The SMILES string of the molecule is O=C1N(Cc2ccccn2)c2ccccc2C12COc1ccc3c(c12)OCCO3. The van der Waals surface area contributed by atoms with Crippen LogP contribution in [0.25, 0.3) is 0 Å². The number of benzene rings is 2. The normalized spacial score (nSPS) is 21.1. The second-order valence-corrected chi connectivity index (χ2v) is 7.39. The first-order valence-electron chi connectivity index (χ1n) is 9.66. The molecule has 0 bridgehead atoms. The van der Waals surface area contributed by atoms with Gasteiger partial charge in [0.2, 0.25) is 5.91 Å². The van der Waals surface area contributed by atoms with Gasteiger partial charge in [0.25, 0.3) is 0 Å². The van der Waals surface area contributed by atoms with Crippen molar-refractivity contribution in [1.29, 1.82) is 0 Å². The van der Waals surface area contributed by atoms with Crippen LogP contribution in [0, 0.1) is 0 Å². The highest BCUT2D eigenvalue weighted by atomic mass is 16.6. The lowest BCUT2D eigenvalue weighted by Crippen LogP contribution is -2.42. The van der Waals surface area contributed by atoms with E-state index >= 15 is 0 Å². The van der Waals surface area contributed by atoms with Crippen molar-refractivity contribution < 1.29 is 19.0 Å². The van der Waals surface area contributed by atoms with E-state index < -0.39 is 5.41 Å². The van der Waals surface area contributed by atoms with E-state index in [1.54, 1.807) is 11.1 Å². The summed E-state index contributed by atoms with van der Waals surface area (Å²) in [7, 11) is 0. The van der Waals surface area contributed by atoms with Crippen molar-refractivity contribution in [3.63, 3.8) is 0 Å². The van der Waals surface area contributed by atoms with E-state index in [1.807, 2.05) is 54.6 Å². The van der Waals surface area contributed by atoms with Crippen molar-refractivity contribution in [2.24, 2.45) is 0 Å². The molecular formula is C23H18N2O4. The van der Waals surface area contributed by atoms with Crippen molar-refractivity contribution in [3.05, 3.63) is 77.6 Å². The summed E-state index contributed by atoms with van der Waals surface area (Å²) in [4.78, 5) is 20.2. The number of rotatable bonds is 2. The monoisotopic (exact) mass is 386 g/mol. The van der Waals surface area contributed by atoms with E-state index in [2.05, 4.69) is 4.98 Å². The number of amides is 1. The maximum atomic E-state index is 14.0. The summed E-state index contributed by atoms with van der Waals surface area (Å²) in [5.41, 5.74) is 2.49. The third-order valence-electron chi connectivity index (χ3n) is 5.85. The number of ether oxygens (including phenoxy) is 3. The molecule has 4 heterocycles. The van der Waals surface area contributed by atoms with Crippen molar-refractivity contribution in [1.82, 2.24) is 4.98 Å². The molecule has 3 aliphatic rings. The Morgan fingerprint density at radius 2 is 1.76 bits per heavy atom. The maximum absolute atomic E-state index is 14.0. The number of carbonyl (C=O) groups is 1. The number of hydrogen-bond acceptors (Lipinski definition) is 5. The number of pyridine rings is 1. The molecule has 0 radical (unpaired) electrons. The van der Waals surface area contributed by atoms with Crippen LogP contribution in [-0.4, -0.2) is 30.7 Å². The number of nitrogens with zero attached hydrogens (tertiary/aromatic N) is 2. The summed E-state index contributed by atoms with van der Waals surface area (Å²) in [6, 6.07) is 17.4. The molecule has 1 aromatic heterocycles. The molecule has 0 N–H and O–H groups in total. The standard InChI is InChI=1S/C23H18N2O4/c26-22-23(14-29-18-8-9-19-21(20(18)23)28-12-11-27-19)16-6-1-2-7-17(16)25(22)13-15-5-3-4-10-24-15/h1-10H,11-14H2. The molecule has 0 fully saturated rings. The molecule has 2 aromatic carbocycles. The first-order chi connectivity index (χ1) is 14.3. The molecule has 3 aliphatic heterocycles. The average molecular weight is 386 g/mol. The number of aromatic nitrogens is 1. The van der Waals surface area contributed by atoms with Gasteiger partial charge >= 0.3 is 0 Å². The third-order valence-corrected chi connectivity index (χ3v) is 5.85. The van der Waals surface area contributed by atoms with E-state index in [1.165, 1.54) is 0 Å². The molecule has 6 nitrogen and oxygen atoms in total. The number of para-hydroxylation sites is 1. The second-order valence-electron chi connectivity index (χ2n) is 7.39. The molecular weight excluding hydrogens is 368 g/mol. The molecule has 144 valence electrons. The van der Waals surface area contributed by atoms with Gasteiger partial charge < -0.3 is 19.1 Å². The zero-order valence-electron chi connectivity index (χ0n) is 15.6. The third kappa shape index (κ3) is 2.17. The van der Waals surface area contributed by atoms with Crippen molar-refractivity contribution in [2.45, 2.75) is 12.0 Å². The van der Waals surface area contributed by atoms with Gasteiger partial charge in [0, 0.05) is 11.9 Å². The molecule has 29 heavy (non-hydrogen) atoms. The van der Waals surface area contributed by atoms with Crippen LogP contribution in [0.3, 0.4) is 0 Å². The molecule has 1 unspecified atom stereocenters. The van der Waals surface area contributed by atoms with Crippen molar-refractivity contribution in [2.75, 3.05) is 24.7 Å². The lowest BCUT2D eigenvalue weighted by atomic mass is 9.76. The molecule has 0 saturated carbocycles. The highest BCUT2D eigenvalue weighted by molar-refractivity contribution is 6.12. The lowest BCUT2D eigenvalue weighted by Gasteiger charge is -2.27. The highest BCUT2D eigenvalue weighted by Crippen LogP contribution is 2.57. The number of fused-ring (bicyclic) bond motifs is 6. The van der Waals surface area contributed by atoms with Crippen LogP contribution < -0.4 is 19.1 Å². The number of carbonyl (C=O) groups excluding carboxylic acids is 1. The summed E-state index contributed by atoms with van der Waals surface area (Å²) >= 11 is 0. The fourth-order valence-electron chi connectivity index (χ4n) is 4.60. The summed E-state index contributed by atoms with van der Waals surface area (Å²) in [5.74, 6) is 1.94. The minimum atomic E-state index is -0.938. The summed E-state index contributed by atoms with van der Waals surface area (Å²) in [6.07, 6.45) is 1.74. The number of anilines is 1. The predicted octanol–water partition coefficient (Wildman–Crippen LogP) is 3.08. The molecule has 0 saturated heterocycles. The van der Waals surface area contributed by atoms with Gasteiger partial charge in [-0.15, -0.1) is 0 Å². The molecule has 1 atom stereocenters. The largest absolute Gasteiger partial charge is 0.491 e. The summed E-state index contributed by atoms with van der Waals surface area (Å²) in [6.45, 7) is 1.60. The maximum Gasteiger partial charge on any atom is 0.246 e. The Bertz CT molecular complexity index is 1130. The Morgan fingerprint density at radius 3 is 2.66 bits per heavy atom. The van der Waals surface area contributed by atoms with Gasteiger partial charge in [-0.2, -0.15) is 0 Å². The topological polar surface area (TPSA) is 60.9 Å². The van der Waals surface area contributed by atoms with Gasteiger partial charge in [-0.25, -0.2) is 0 Å². The summed E-state index contributed by atoms with van der Waals surface area (Å²) in [5, 5.41) is 0. The van der Waals surface area contributed by atoms with Crippen LogP contribution in [0.4, 0.5) is 5.69 Å². The van der Waals surface area contributed by atoms with Gasteiger partial charge in [0.1, 0.15) is 31.0 Å². The first-order valence-corrected chi connectivity index (χ1v) is 9.66. The zero-order chi connectivity index (χ0) is 19.4. The van der Waals surface area contributed by atoms with E-state index in [9.17, 15) is 4.79 Å². The first kappa shape index (κ1) is 16.4. The number of hydrogen-bond donors (Lipinski definition) is 0. The molecule has 6 heteroatoms. The van der Waals surface area contributed by atoms with E-state index in [-0.39, 0.29) is 12.5 Å². The minimum absolute atomic E-state index is 0.0225. The van der Waals surface area contributed by atoms with E-state index in [0.717, 1.165) is 22.5 Å². The zero-order valence-corrected chi connectivity index (χ0v) is 15.6. The van der Waals surface area contributed by atoms with Crippen LogP contribution >= 0.6 is 0 Å². The van der Waals surface area contributed by atoms with Crippen LogP contribution in [0.1, 0.15) is 16.8 Å². The Morgan fingerprint density at radius 1 is 0.931 bits per heavy atom. The predicted molar refractivity (Wildman–Crippen MR) is 106 cm³/mol. The lowest BCUT2D eigenvalue weighted by molar-refractivity contribution is -0.122. The van der Waals surface area contributed by atoms with Crippen LogP contribution in [0.15, 0.2) is 60.8 Å². The van der Waals surface area contributed by atoms with Crippen LogP contribution in [0.2, 0.25) is 0 Å². The fourth-order valence-corrected chi connectivity index (χ4v) is 4.60. The van der Waals surface area contributed by atoms with Gasteiger partial charge in [0.05, 0.1) is 17.8 Å². The molecule has 1 spiro atoms. The van der Waals surface area contributed by atoms with Crippen molar-refractivity contribution in [3.8, 4) is 17.2 Å². The Kier molecular flexibility index (Phi) is 3.38. The van der Waals surface area contributed by atoms with Crippen LogP contribution in [0.5, 0.6) is 17.2 Å². The molecule has 0 aliphatic carbocycles. The Labute approximate surface area is 167 Å². The highest BCUT2D eigenvalue weighted by Gasteiger charge is 2.59. The second kappa shape index (κ2) is 5.98. The van der Waals surface area contributed by atoms with E-state index in [0.29, 0.717) is 37.0 Å². The molecule has 1 amide bonds. The quantitative estimate of drug-likeness (QED) is 0.677. The Balaban J connectivity index is 1.55. The average Bonchev–Trinajstić information content (AvgIpc) is 3.28. The van der Waals surface area contributed by atoms with E-state index in [4.69, 9.17) is 14.2 Å².